The van der Waals surface area contributed by atoms with Crippen molar-refractivity contribution < 1.29 is 43.9 Å². The number of halogens is 17. The summed E-state index contributed by atoms with van der Waals surface area (Å²) in [6, 6.07) is 42.2. The van der Waals surface area contributed by atoms with E-state index in [1.165, 1.54) is 115 Å². The number of aryl methyl sites for hydroxylation is 6. The van der Waals surface area contributed by atoms with Crippen LogP contribution in [0.15, 0.2) is 158 Å². The second-order valence-electron chi connectivity index (χ2n) is 17.8. The van der Waals surface area contributed by atoms with E-state index in [9.17, 15) is 43.9 Å². The monoisotopic (exact) mass is 1730 g/mol. The second-order valence-corrected chi connectivity index (χ2v) is 24.6. The van der Waals surface area contributed by atoms with Crippen LogP contribution in [0, 0.1) is 152 Å². The quantitative estimate of drug-likeness (QED) is 0.105. The standard InChI is InChI=1S/C8H8F2.C8H8I2.2C7H7Cl.C7H5F3.2C7H6F2.C7H7F.C7H5I3/c2*1-5-3-7(9)6(2)8(10)4-5;1-6-2-4-7(8)5-3-6;1-6-3-2-4-7(8)5-6;1-4-6(9)2-5(8)3-7(4)10;1-5-2-6(8)4-7(9)3-5;1-5-6(8)3-2-4-7(5)9;1-6-4-2-3-5-7(6)8;1-4-6(9)2-5(8)3-7(4)10/h2*3-4H,1-2H3;2*2-5H,1H3;2-3H,1H3;2*2-4H,1H3;2-5H,1H3;2-3H,1H3. The van der Waals surface area contributed by atoms with Crippen LogP contribution in [0.4, 0.5) is 43.9 Å². The zero-order valence-corrected chi connectivity index (χ0v) is 58.7. The van der Waals surface area contributed by atoms with Gasteiger partial charge in [-0.3, -0.25) is 0 Å². The van der Waals surface area contributed by atoms with E-state index in [4.69, 9.17) is 23.2 Å². The van der Waals surface area contributed by atoms with Crippen molar-refractivity contribution in [1.29, 1.82) is 0 Å². The Balaban J connectivity index is 0.000000462. The first-order valence-electron chi connectivity index (χ1n) is 24.3. The Labute approximate surface area is 555 Å². The molecule has 9 aromatic rings. The molecule has 82 heavy (non-hydrogen) atoms. The van der Waals surface area contributed by atoms with Crippen LogP contribution >= 0.6 is 136 Å². The van der Waals surface area contributed by atoms with Crippen molar-refractivity contribution >= 4 is 136 Å². The lowest BCUT2D eigenvalue weighted by Gasteiger charge is -2.02. The SMILES string of the molecule is Cc1c(F)cc(F)cc1F.Cc1c(F)cccc1F.Cc1c(I)cc(I)cc1I.Cc1cc(F)c(C)c(F)c1.Cc1cc(F)cc(F)c1.Cc1cc(I)c(C)c(I)c1.Cc1ccc(Cl)cc1.Cc1cccc(Cl)c1.Cc1ccccc1F. The average molecular weight is 1740 g/mol. The predicted octanol–water partition coefficient (Wildman–Crippen LogP) is 24.3. The molecule has 0 aliphatic rings. The molecule has 0 saturated heterocycles. The molecule has 0 unspecified atom stereocenters. The molecular weight excluding hydrogens is 1680 g/mol. The van der Waals surface area contributed by atoms with E-state index in [1.54, 1.807) is 32.9 Å². The van der Waals surface area contributed by atoms with E-state index in [0.29, 0.717) is 28.8 Å². The zero-order valence-electron chi connectivity index (χ0n) is 46.4. The van der Waals surface area contributed by atoms with Crippen LogP contribution in [-0.4, -0.2) is 0 Å². The molecule has 0 nitrogen and oxygen atoms in total. The number of hydrogen-bond acceptors (Lipinski definition) is 0. The van der Waals surface area contributed by atoms with Crippen molar-refractivity contribution in [3.8, 4) is 0 Å². The molecule has 0 N–H and O–H groups in total. The van der Waals surface area contributed by atoms with E-state index < -0.39 is 52.4 Å². The number of rotatable bonds is 0. The fourth-order valence-electron chi connectivity index (χ4n) is 5.74. The fraction of sp³-hybridized carbons (Fsp3) is 0.169. The third kappa shape index (κ3) is 31.6. The molecule has 0 aliphatic heterocycles. The fourth-order valence-corrected chi connectivity index (χ4v) is 11.8. The van der Waals surface area contributed by atoms with Gasteiger partial charge in [0.1, 0.15) is 58.2 Å². The van der Waals surface area contributed by atoms with E-state index in [2.05, 4.69) is 158 Å². The maximum atomic E-state index is 12.6. The summed E-state index contributed by atoms with van der Waals surface area (Å²) < 4.78 is 130. The lowest BCUT2D eigenvalue weighted by Crippen LogP contribution is -1.89. The van der Waals surface area contributed by atoms with Crippen LogP contribution in [-0.2, 0) is 0 Å². The Morgan fingerprint density at radius 2 is 0.610 bits per heavy atom. The Morgan fingerprint density at radius 1 is 0.256 bits per heavy atom. The molecular formula is C65H59Cl2F10I5. The maximum absolute atomic E-state index is 12.6. The van der Waals surface area contributed by atoms with Crippen LogP contribution in [0.2, 0.25) is 10.0 Å². The summed E-state index contributed by atoms with van der Waals surface area (Å²) in [5, 5.41) is 1.61. The lowest BCUT2D eigenvalue weighted by molar-refractivity contribution is 0.532. The van der Waals surface area contributed by atoms with Crippen LogP contribution in [0.1, 0.15) is 61.2 Å². The number of benzene rings is 9. The first kappa shape index (κ1) is 76.5. The van der Waals surface area contributed by atoms with Crippen molar-refractivity contribution in [2.75, 3.05) is 0 Å². The Hall–Kier alpha value is -3.49. The van der Waals surface area contributed by atoms with Gasteiger partial charge < -0.3 is 0 Å². The lowest BCUT2D eigenvalue weighted by atomic mass is 10.1. The van der Waals surface area contributed by atoms with Gasteiger partial charge in [-0.05, 0) is 319 Å². The second kappa shape index (κ2) is 40.0. The van der Waals surface area contributed by atoms with Gasteiger partial charge >= 0.3 is 0 Å². The van der Waals surface area contributed by atoms with Gasteiger partial charge in [0.05, 0.1) is 0 Å². The summed E-state index contributed by atoms with van der Waals surface area (Å²) in [6.07, 6.45) is 0. The highest BCUT2D eigenvalue weighted by Gasteiger charge is 2.06. The predicted molar refractivity (Wildman–Crippen MR) is 363 cm³/mol. The van der Waals surface area contributed by atoms with Crippen molar-refractivity contribution in [2.45, 2.75) is 76.2 Å². The van der Waals surface area contributed by atoms with Crippen LogP contribution in [0.25, 0.3) is 0 Å². The first-order chi connectivity index (χ1) is 38.2. The minimum atomic E-state index is -0.888. The molecule has 438 valence electrons. The van der Waals surface area contributed by atoms with Gasteiger partial charge in [0.25, 0.3) is 0 Å². The highest BCUT2D eigenvalue weighted by atomic mass is 127. The number of hydrogen-bond donors (Lipinski definition) is 0. The summed E-state index contributed by atoms with van der Waals surface area (Å²) in [4.78, 5) is 0. The van der Waals surface area contributed by atoms with Gasteiger partial charge in [-0.15, -0.1) is 0 Å². The van der Waals surface area contributed by atoms with Crippen LogP contribution in [0.3, 0.4) is 0 Å². The molecule has 17 heteroatoms. The molecule has 0 fully saturated rings. The van der Waals surface area contributed by atoms with E-state index in [0.717, 1.165) is 16.1 Å². The summed E-state index contributed by atoms with van der Waals surface area (Å²) in [7, 11) is 0. The smallest absolute Gasteiger partial charge is 0.131 e. The molecule has 0 saturated carbocycles. The molecule has 0 heterocycles. The Kier molecular flexibility index (Phi) is 37.3. The molecule has 9 aromatic carbocycles. The Bertz CT molecular complexity index is 2990. The van der Waals surface area contributed by atoms with Gasteiger partial charge in [-0.2, -0.15) is 0 Å². The molecule has 0 aliphatic carbocycles. The molecule has 9 rings (SSSR count). The third-order valence-electron chi connectivity index (χ3n) is 10.6. The van der Waals surface area contributed by atoms with E-state index >= 15 is 0 Å². The first-order valence-corrected chi connectivity index (χ1v) is 30.4. The molecule has 0 spiro atoms. The van der Waals surface area contributed by atoms with Gasteiger partial charge in [-0.1, -0.05) is 77.3 Å². The van der Waals surface area contributed by atoms with Crippen molar-refractivity contribution in [1.82, 2.24) is 0 Å². The normalized spacial score (nSPS) is 9.71. The highest BCUT2D eigenvalue weighted by Crippen LogP contribution is 2.22. The van der Waals surface area contributed by atoms with Crippen molar-refractivity contribution in [2.24, 2.45) is 0 Å². The molecule has 0 aromatic heterocycles. The minimum absolute atomic E-state index is 0.0810. The zero-order chi connectivity index (χ0) is 62.6. The summed E-state index contributed by atoms with van der Waals surface area (Å²) in [5.41, 5.74) is 8.52. The van der Waals surface area contributed by atoms with E-state index in [1.807, 2.05) is 68.4 Å². The van der Waals surface area contributed by atoms with Gasteiger partial charge in [0.2, 0.25) is 0 Å². The van der Waals surface area contributed by atoms with E-state index in [-0.39, 0.29) is 22.5 Å². The van der Waals surface area contributed by atoms with Crippen LogP contribution in [0.5, 0.6) is 0 Å². The summed E-state index contributed by atoms with van der Waals surface area (Å²) in [6.45, 7) is 19.6. The highest BCUT2D eigenvalue weighted by molar-refractivity contribution is 14.1. The van der Waals surface area contributed by atoms with Crippen molar-refractivity contribution in [3.05, 3.63) is 305 Å². The largest absolute Gasteiger partial charge is 0.207 e. The van der Waals surface area contributed by atoms with Gasteiger partial charge in [0, 0.05) is 62.8 Å². The van der Waals surface area contributed by atoms with Gasteiger partial charge in [-0.25, -0.2) is 43.9 Å². The summed E-state index contributed by atoms with van der Waals surface area (Å²) >= 11 is 23.1. The molecule has 0 radical (unpaired) electrons. The van der Waals surface area contributed by atoms with Gasteiger partial charge in [0.15, 0.2) is 0 Å². The molecule has 0 bridgehead atoms. The summed E-state index contributed by atoms with van der Waals surface area (Å²) in [5.74, 6) is -5.69. The maximum Gasteiger partial charge on any atom is 0.131 e. The minimum Gasteiger partial charge on any atom is -0.207 e. The third-order valence-corrected chi connectivity index (χ3v) is 16.2. The molecule has 0 amide bonds. The van der Waals surface area contributed by atoms with Crippen molar-refractivity contribution in [3.63, 3.8) is 0 Å². The molecule has 0 atom stereocenters. The topological polar surface area (TPSA) is 0 Å². The van der Waals surface area contributed by atoms with Crippen LogP contribution < -0.4 is 0 Å². The average Bonchev–Trinajstić information content (AvgIpc) is 3.42. The Morgan fingerprint density at radius 3 is 0.963 bits per heavy atom.